The molecule has 1 aliphatic heterocycles. The Labute approximate surface area is 170 Å². The minimum atomic E-state index is 0.777. The summed E-state index contributed by atoms with van der Waals surface area (Å²) in [5.74, 6) is 0. The van der Waals surface area contributed by atoms with E-state index < -0.39 is 0 Å². The van der Waals surface area contributed by atoms with Crippen LogP contribution >= 0.6 is 0 Å². The minimum absolute atomic E-state index is 0.777. The Hall–Kier alpha value is -3.47. The summed E-state index contributed by atoms with van der Waals surface area (Å²) >= 11 is 0. The second-order valence-electron chi connectivity index (χ2n) is 7.40. The molecular formula is C24H23N5. The number of pyridine rings is 1. The Bertz CT molecular complexity index is 1100. The lowest BCUT2D eigenvalue weighted by molar-refractivity contribution is 0.578. The van der Waals surface area contributed by atoms with E-state index in [-0.39, 0.29) is 0 Å². The van der Waals surface area contributed by atoms with Crippen molar-refractivity contribution in [2.75, 3.05) is 23.3 Å². The van der Waals surface area contributed by atoms with E-state index in [4.69, 9.17) is 4.98 Å². The maximum absolute atomic E-state index is 4.86. The molecule has 0 spiro atoms. The zero-order valence-corrected chi connectivity index (χ0v) is 16.3. The van der Waals surface area contributed by atoms with Gasteiger partial charge in [-0.05, 0) is 43.5 Å². The van der Waals surface area contributed by atoms with E-state index >= 15 is 0 Å². The highest BCUT2D eigenvalue weighted by atomic mass is 15.1. The van der Waals surface area contributed by atoms with Gasteiger partial charge in [-0.1, -0.05) is 30.3 Å². The van der Waals surface area contributed by atoms with Crippen LogP contribution in [0.4, 0.5) is 17.1 Å². The topological polar surface area (TPSA) is 53.9 Å². The molecular weight excluding hydrogens is 358 g/mol. The smallest absolute Gasteiger partial charge is 0.116 e. The highest BCUT2D eigenvalue weighted by molar-refractivity contribution is 5.90. The van der Waals surface area contributed by atoms with Crippen molar-refractivity contribution in [2.24, 2.45) is 0 Å². The van der Waals surface area contributed by atoms with Gasteiger partial charge < -0.3 is 10.2 Å². The van der Waals surface area contributed by atoms with Crippen molar-refractivity contribution >= 4 is 28.1 Å². The molecule has 2 aromatic carbocycles. The van der Waals surface area contributed by atoms with Gasteiger partial charge in [-0.3, -0.25) is 9.97 Å². The van der Waals surface area contributed by atoms with Crippen LogP contribution in [-0.4, -0.2) is 28.0 Å². The van der Waals surface area contributed by atoms with E-state index in [1.54, 1.807) is 12.4 Å². The monoisotopic (exact) mass is 381 g/mol. The maximum Gasteiger partial charge on any atom is 0.116 e. The second-order valence-corrected chi connectivity index (χ2v) is 7.40. The Balaban J connectivity index is 1.44. The fourth-order valence-corrected chi connectivity index (χ4v) is 3.84. The Morgan fingerprint density at radius 1 is 0.793 bits per heavy atom. The minimum Gasteiger partial charge on any atom is -0.372 e. The van der Waals surface area contributed by atoms with Crippen LogP contribution in [0.25, 0.3) is 22.3 Å². The van der Waals surface area contributed by atoms with Gasteiger partial charge in [0.1, 0.15) is 11.0 Å². The molecule has 29 heavy (non-hydrogen) atoms. The summed E-state index contributed by atoms with van der Waals surface area (Å²) in [5.41, 5.74) is 6.67. The first kappa shape index (κ1) is 17.6. The fraction of sp³-hybridized carbons (Fsp3) is 0.208. The number of aromatic nitrogens is 3. The van der Waals surface area contributed by atoms with E-state index in [1.807, 2.05) is 36.5 Å². The summed E-state index contributed by atoms with van der Waals surface area (Å²) in [6.45, 7) is 2.30. The van der Waals surface area contributed by atoms with Gasteiger partial charge in [-0.25, -0.2) is 4.98 Å². The normalized spacial score (nSPS) is 14.1. The highest BCUT2D eigenvalue weighted by Crippen LogP contribution is 2.27. The molecule has 5 rings (SSSR count). The fourth-order valence-electron chi connectivity index (χ4n) is 3.84. The van der Waals surface area contributed by atoms with Crippen LogP contribution in [0.1, 0.15) is 19.3 Å². The van der Waals surface area contributed by atoms with Crippen molar-refractivity contribution in [3.05, 3.63) is 73.2 Å². The number of nitrogens with zero attached hydrogens (tertiary/aromatic N) is 4. The van der Waals surface area contributed by atoms with Crippen molar-refractivity contribution in [1.29, 1.82) is 0 Å². The van der Waals surface area contributed by atoms with Gasteiger partial charge in [0.15, 0.2) is 0 Å². The SMILES string of the molecule is c1ccc(-c2cnc3cncc(Nc4ccc(N5CCCCC5)cc4)c3n2)cc1. The lowest BCUT2D eigenvalue weighted by atomic mass is 10.1. The number of anilines is 3. The molecule has 4 aromatic rings. The van der Waals surface area contributed by atoms with Crippen LogP contribution in [0.5, 0.6) is 0 Å². The van der Waals surface area contributed by atoms with Crippen molar-refractivity contribution in [1.82, 2.24) is 15.0 Å². The molecule has 1 N–H and O–H groups in total. The van der Waals surface area contributed by atoms with Crippen LogP contribution in [0.15, 0.2) is 73.2 Å². The molecule has 1 saturated heterocycles. The summed E-state index contributed by atoms with van der Waals surface area (Å²) in [6, 6.07) is 18.7. The predicted octanol–water partition coefficient (Wildman–Crippen LogP) is 5.43. The van der Waals surface area contributed by atoms with Gasteiger partial charge >= 0.3 is 0 Å². The summed E-state index contributed by atoms with van der Waals surface area (Å²) in [4.78, 5) is 16.2. The quantitative estimate of drug-likeness (QED) is 0.511. The van der Waals surface area contributed by atoms with Gasteiger partial charge in [-0.15, -0.1) is 0 Å². The number of hydrogen-bond donors (Lipinski definition) is 1. The van der Waals surface area contributed by atoms with Gasteiger partial charge in [-0.2, -0.15) is 0 Å². The van der Waals surface area contributed by atoms with Crippen molar-refractivity contribution in [3.63, 3.8) is 0 Å². The van der Waals surface area contributed by atoms with Gasteiger partial charge in [0.05, 0.1) is 30.0 Å². The summed E-state index contributed by atoms with van der Waals surface area (Å²) in [6.07, 6.45) is 9.27. The van der Waals surface area contributed by atoms with Crippen LogP contribution < -0.4 is 10.2 Å². The molecule has 144 valence electrons. The molecule has 0 atom stereocenters. The zero-order chi connectivity index (χ0) is 19.5. The summed E-state index contributed by atoms with van der Waals surface area (Å²) in [7, 11) is 0. The lowest BCUT2D eigenvalue weighted by Crippen LogP contribution is -2.29. The first-order chi connectivity index (χ1) is 14.4. The van der Waals surface area contributed by atoms with Crippen molar-refractivity contribution in [2.45, 2.75) is 19.3 Å². The second kappa shape index (κ2) is 7.87. The number of piperidine rings is 1. The van der Waals surface area contributed by atoms with Crippen molar-refractivity contribution < 1.29 is 0 Å². The number of fused-ring (bicyclic) bond motifs is 1. The third-order valence-corrected chi connectivity index (χ3v) is 5.39. The zero-order valence-electron chi connectivity index (χ0n) is 16.3. The van der Waals surface area contributed by atoms with E-state index in [9.17, 15) is 0 Å². The van der Waals surface area contributed by atoms with Crippen LogP contribution in [0.3, 0.4) is 0 Å². The molecule has 5 nitrogen and oxygen atoms in total. The first-order valence-electron chi connectivity index (χ1n) is 10.1. The molecule has 1 fully saturated rings. The molecule has 5 heteroatoms. The highest BCUT2D eigenvalue weighted by Gasteiger charge is 2.11. The molecule has 2 aromatic heterocycles. The summed E-state index contributed by atoms with van der Waals surface area (Å²) in [5, 5.41) is 3.47. The molecule has 0 bridgehead atoms. The summed E-state index contributed by atoms with van der Waals surface area (Å²) < 4.78 is 0. The Morgan fingerprint density at radius 3 is 2.38 bits per heavy atom. The van der Waals surface area contributed by atoms with E-state index in [0.717, 1.165) is 46.8 Å². The Kier molecular flexibility index (Phi) is 4.78. The third-order valence-electron chi connectivity index (χ3n) is 5.39. The predicted molar refractivity (Wildman–Crippen MR) is 119 cm³/mol. The molecule has 3 heterocycles. The van der Waals surface area contributed by atoms with E-state index in [0.29, 0.717) is 0 Å². The number of nitrogens with one attached hydrogen (secondary N) is 1. The molecule has 0 saturated carbocycles. The molecule has 0 unspecified atom stereocenters. The van der Waals surface area contributed by atoms with Crippen LogP contribution in [0.2, 0.25) is 0 Å². The lowest BCUT2D eigenvalue weighted by Gasteiger charge is -2.28. The molecule has 0 radical (unpaired) electrons. The maximum atomic E-state index is 4.86. The average molecular weight is 381 g/mol. The molecule has 0 aliphatic carbocycles. The van der Waals surface area contributed by atoms with Gasteiger partial charge in [0.2, 0.25) is 0 Å². The van der Waals surface area contributed by atoms with Crippen LogP contribution in [0, 0.1) is 0 Å². The molecule has 0 amide bonds. The molecule has 1 aliphatic rings. The van der Waals surface area contributed by atoms with E-state index in [1.165, 1.54) is 24.9 Å². The number of hydrogen-bond acceptors (Lipinski definition) is 5. The Morgan fingerprint density at radius 2 is 1.59 bits per heavy atom. The standard InChI is InChI=1S/C24H23N5/c1-3-7-18(8-4-1)21-17-26-22-15-25-16-23(24(22)28-21)27-19-9-11-20(12-10-19)29-13-5-2-6-14-29/h1,3-4,7-12,15-17,27H,2,5-6,13-14H2. The third kappa shape index (κ3) is 3.76. The number of benzene rings is 2. The van der Waals surface area contributed by atoms with Crippen LogP contribution in [-0.2, 0) is 0 Å². The van der Waals surface area contributed by atoms with E-state index in [2.05, 4.69) is 44.5 Å². The number of rotatable bonds is 4. The van der Waals surface area contributed by atoms with Crippen molar-refractivity contribution in [3.8, 4) is 11.3 Å². The first-order valence-corrected chi connectivity index (χ1v) is 10.1. The van der Waals surface area contributed by atoms with Gasteiger partial charge in [0.25, 0.3) is 0 Å². The van der Waals surface area contributed by atoms with Gasteiger partial charge in [0, 0.05) is 30.0 Å². The largest absolute Gasteiger partial charge is 0.372 e. The average Bonchev–Trinajstić information content (AvgIpc) is 2.81.